The van der Waals surface area contributed by atoms with Crippen molar-refractivity contribution in [3.05, 3.63) is 24.2 Å². The highest BCUT2D eigenvalue weighted by Gasteiger charge is 2.36. The smallest absolute Gasteiger partial charge is 0.242 e. The average molecular weight is 388 g/mol. The second-order valence-electron chi connectivity index (χ2n) is 7.95. The molecule has 2 saturated heterocycles. The minimum absolute atomic E-state index is 0.0369. The molecule has 0 radical (unpaired) electrons. The van der Waals surface area contributed by atoms with E-state index < -0.39 is 6.04 Å². The van der Waals surface area contributed by atoms with E-state index in [1.54, 1.807) is 17.4 Å². The second-order valence-corrected chi connectivity index (χ2v) is 7.95. The lowest BCUT2D eigenvalue weighted by molar-refractivity contribution is -0.148. The number of piperazine rings is 2. The fourth-order valence-electron chi connectivity index (χ4n) is 4.59. The fourth-order valence-corrected chi connectivity index (χ4v) is 4.59. The van der Waals surface area contributed by atoms with Gasteiger partial charge in [0.05, 0.1) is 31.5 Å². The van der Waals surface area contributed by atoms with Gasteiger partial charge in [0.15, 0.2) is 0 Å². The van der Waals surface area contributed by atoms with Gasteiger partial charge in [0.1, 0.15) is 0 Å². The van der Waals surface area contributed by atoms with Crippen LogP contribution in [-0.2, 0) is 20.9 Å². The average Bonchev–Trinajstić information content (AvgIpc) is 3.38. The van der Waals surface area contributed by atoms with Gasteiger partial charge in [-0.15, -0.1) is 0 Å². The third-order valence-corrected chi connectivity index (χ3v) is 6.15. The Bertz CT molecular complexity index is 714. The first-order valence-corrected chi connectivity index (χ1v) is 10.2. The van der Waals surface area contributed by atoms with Crippen LogP contribution in [0.25, 0.3) is 0 Å². The van der Waals surface area contributed by atoms with E-state index in [9.17, 15) is 14.4 Å². The van der Waals surface area contributed by atoms with Crippen LogP contribution in [0.1, 0.15) is 37.7 Å². The molecular weight excluding hydrogens is 360 g/mol. The molecule has 1 aromatic rings. The molecule has 0 spiro atoms. The predicted octanol–water partition coefficient (Wildman–Crippen LogP) is 0.584. The summed E-state index contributed by atoms with van der Waals surface area (Å²) in [5.74, 6) is -0.215. The highest BCUT2D eigenvalue weighted by Crippen LogP contribution is 2.25. The van der Waals surface area contributed by atoms with Gasteiger partial charge in [-0.1, -0.05) is 12.8 Å². The molecule has 3 aliphatic rings. The summed E-state index contributed by atoms with van der Waals surface area (Å²) >= 11 is 0. The minimum Gasteiger partial charge on any atom is -0.472 e. The summed E-state index contributed by atoms with van der Waals surface area (Å²) in [6.45, 7) is 3.10. The van der Waals surface area contributed by atoms with Crippen LogP contribution in [-0.4, -0.2) is 77.2 Å². The third-order valence-electron chi connectivity index (χ3n) is 6.15. The van der Waals surface area contributed by atoms with Gasteiger partial charge in [0, 0.05) is 44.3 Å². The molecule has 0 unspecified atom stereocenters. The maximum absolute atomic E-state index is 12.9. The third kappa shape index (κ3) is 4.06. The summed E-state index contributed by atoms with van der Waals surface area (Å²) in [5, 5.41) is 2.85. The maximum atomic E-state index is 12.9. The Morgan fingerprint density at radius 3 is 2.71 bits per heavy atom. The molecule has 1 N–H and O–H groups in total. The normalized spacial score (nSPS) is 24.6. The van der Waals surface area contributed by atoms with Crippen molar-refractivity contribution in [3.63, 3.8) is 0 Å². The van der Waals surface area contributed by atoms with E-state index in [4.69, 9.17) is 4.42 Å². The molecule has 8 heteroatoms. The summed E-state index contributed by atoms with van der Waals surface area (Å²) in [6, 6.07) is 1.70. The molecule has 152 valence electrons. The maximum Gasteiger partial charge on any atom is 0.242 e. The van der Waals surface area contributed by atoms with Crippen LogP contribution in [0.4, 0.5) is 0 Å². The molecule has 28 heavy (non-hydrogen) atoms. The lowest BCUT2D eigenvalue weighted by Crippen LogP contribution is -2.58. The molecule has 1 aliphatic carbocycles. The first-order valence-electron chi connectivity index (χ1n) is 10.2. The number of carbonyl (C=O) groups excluding carboxylic acids is 3. The van der Waals surface area contributed by atoms with E-state index in [0.29, 0.717) is 38.8 Å². The summed E-state index contributed by atoms with van der Waals surface area (Å²) in [7, 11) is 0. The van der Waals surface area contributed by atoms with E-state index in [2.05, 4.69) is 5.32 Å². The minimum atomic E-state index is -0.515. The van der Waals surface area contributed by atoms with Crippen molar-refractivity contribution >= 4 is 17.7 Å². The number of hydrogen-bond donors (Lipinski definition) is 1. The van der Waals surface area contributed by atoms with Crippen molar-refractivity contribution in [2.45, 2.75) is 50.7 Å². The first kappa shape index (κ1) is 19.0. The number of nitrogens with one attached hydrogen (secondary N) is 1. The second kappa shape index (κ2) is 8.34. The Morgan fingerprint density at radius 1 is 1.18 bits per heavy atom. The topological polar surface area (TPSA) is 86.1 Å². The van der Waals surface area contributed by atoms with Crippen LogP contribution in [0.3, 0.4) is 0 Å². The summed E-state index contributed by atoms with van der Waals surface area (Å²) < 4.78 is 5.11. The molecule has 0 bridgehead atoms. The largest absolute Gasteiger partial charge is 0.472 e. The number of furan rings is 1. The first-order chi connectivity index (χ1) is 13.6. The van der Waals surface area contributed by atoms with Crippen molar-refractivity contribution in [2.75, 3.05) is 32.7 Å². The standard InChI is InChI=1S/C20H28N4O4/c25-18(23-8-9-24(19(26)13-23)16-3-1-2-4-16)11-17-20(27)21-6-7-22(17)12-15-5-10-28-14-15/h5,10,14,16-17H,1-4,6-9,11-13H2,(H,21,27)/t17-/m0/s1. The molecule has 0 aromatic carbocycles. The summed E-state index contributed by atoms with van der Waals surface area (Å²) in [4.78, 5) is 43.4. The lowest BCUT2D eigenvalue weighted by Gasteiger charge is -2.39. The van der Waals surface area contributed by atoms with Crippen molar-refractivity contribution in [1.29, 1.82) is 0 Å². The molecule has 1 saturated carbocycles. The van der Waals surface area contributed by atoms with Gasteiger partial charge in [-0.3, -0.25) is 19.3 Å². The van der Waals surface area contributed by atoms with Gasteiger partial charge in [-0.25, -0.2) is 0 Å². The molecule has 2 aliphatic heterocycles. The number of carbonyl (C=O) groups is 3. The fraction of sp³-hybridized carbons (Fsp3) is 0.650. The van der Waals surface area contributed by atoms with E-state index in [1.807, 2.05) is 15.9 Å². The molecule has 8 nitrogen and oxygen atoms in total. The molecule has 1 atom stereocenters. The van der Waals surface area contributed by atoms with Crippen LogP contribution in [0, 0.1) is 0 Å². The zero-order chi connectivity index (χ0) is 19.5. The zero-order valence-corrected chi connectivity index (χ0v) is 16.1. The molecule has 3 amide bonds. The molecular formula is C20H28N4O4. The van der Waals surface area contributed by atoms with E-state index in [1.165, 1.54) is 12.8 Å². The Morgan fingerprint density at radius 2 is 2.00 bits per heavy atom. The van der Waals surface area contributed by atoms with Crippen LogP contribution in [0.2, 0.25) is 0 Å². The van der Waals surface area contributed by atoms with Gasteiger partial charge in [-0.2, -0.15) is 0 Å². The highest BCUT2D eigenvalue weighted by molar-refractivity contribution is 5.91. The molecule has 3 fully saturated rings. The number of amides is 3. The number of rotatable bonds is 5. The Kier molecular flexibility index (Phi) is 5.66. The Balaban J connectivity index is 1.36. The van der Waals surface area contributed by atoms with E-state index >= 15 is 0 Å². The summed E-state index contributed by atoms with van der Waals surface area (Å²) in [5.41, 5.74) is 0.979. The molecule has 3 heterocycles. The number of nitrogens with zero attached hydrogens (tertiary/aromatic N) is 3. The van der Waals surface area contributed by atoms with Crippen LogP contribution in [0.15, 0.2) is 23.0 Å². The van der Waals surface area contributed by atoms with Gasteiger partial charge in [0.25, 0.3) is 0 Å². The van der Waals surface area contributed by atoms with Crippen LogP contribution >= 0.6 is 0 Å². The lowest BCUT2D eigenvalue weighted by atomic mass is 10.1. The monoisotopic (exact) mass is 388 g/mol. The van der Waals surface area contributed by atoms with Gasteiger partial charge < -0.3 is 19.5 Å². The predicted molar refractivity (Wildman–Crippen MR) is 101 cm³/mol. The molecule has 1 aromatic heterocycles. The Hall–Kier alpha value is -2.35. The van der Waals surface area contributed by atoms with E-state index in [-0.39, 0.29) is 30.7 Å². The SMILES string of the molecule is O=C1NCCN(Cc2ccoc2)[C@H]1CC(=O)N1CCN(C2CCCC2)C(=O)C1. The van der Waals surface area contributed by atoms with Crippen molar-refractivity contribution in [1.82, 2.24) is 20.0 Å². The van der Waals surface area contributed by atoms with Crippen molar-refractivity contribution < 1.29 is 18.8 Å². The number of hydrogen-bond acceptors (Lipinski definition) is 5. The van der Waals surface area contributed by atoms with Gasteiger partial charge >= 0.3 is 0 Å². The highest BCUT2D eigenvalue weighted by atomic mass is 16.3. The van der Waals surface area contributed by atoms with Crippen molar-refractivity contribution in [3.8, 4) is 0 Å². The molecule has 4 rings (SSSR count). The van der Waals surface area contributed by atoms with Gasteiger partial charge in [0.2, 0.25) is 17.7 Å². The van der Waals surface area contributed by atoms with Crippen LogP contribution < -0.4 is 5.32 Å². The summed E-state index contributed by atoms with van der Waals surface area (Å²) in [6.07, 6.45) is 7.87. The van der Waals surface area contributed by atoms with E-state index in [0.717, 1.165) is 18.4 Å². The van der Waals surface area contributed by atoms with Crippen LogP contribution in [0.5, 0.6) is 0 Å². The Labute approximate surface area is 164 Å². The van der Waals surface area contributed by atoms with Gasteiger partial charge in [-0.05, 0) is 18.9 Å². The quantitative estimate of drug-likeness (QED) is 0.798. The van der Waals surface area contributed by atoms with Crippen molar-refractivity contribution in [2.24, 2.45) is 0 Å². The zero-order valence-electron chi connectivity index (χ0n) is 16.1.